The minimum Gasteiger partial charge on any atom is -0.316 e. The highest BCUT2D eigenvalue weighted by atomic mass is 79.9. The summed E-state index contributed by atoms with van der Waals surface area (Å²) < 4.78 is 1.04. The molecule has 0 aliphatic rings. The molecule has 1 heterocycles. The molecule has 0 aliphatic carbocycles. The predicted octanol–water partition coefficient (Wildman–Crippen LogP) is 4.29. The molecule has 0 aliphatic heterocycles. The molecule has 0 spiro atoms. The minimum absolute atomic E-state index is 0.290. The molecule has 1 aromatic heterocycles. The van der Waals surface area contributed by atoms with Crippen molar-refractivity contribution in [1.82, 2.24) is 10.3 Å². The molecule has 1 atom stereocenters. The number of pyridine rings is 1. The summed E-state index contributed by atoms with van der Waals surface area (Å²) in [7, 11) is 0. The van der Waals surface area contributed by atoms with Crippen LogP contribution in [0.15, 0.2) is 22.8 Å². The van der Waals surface area contributed by atoms with E-state index in [1.54, 1.807) is 0 Å². The van der Waals surface area contributed by atoms with Crippen LogP contribution in [0.3, 0.4) is 0 Å². The minimum atomic E-state index is 0.290. The Kier molecular flexibility index (Phi) is 6.48. The fourth-order valence-corrected chi connectivity index (χ4v) is 2.24. The Morgan fingerprint density at radius 3 is 2.37 bits per heavy atom. The lowest BCUT2D eigenvalue weighted by molar-refractivity contribution is 0.227. The quantitative estimate of drug-likeness (QED) is 0.843. The van der Waals surface area contributed by atoms with E-state index in [0.29, 0.717) is 17.3 Å². The summed E-state index contributed by atoms with van der Waals surface area (Å²) in [6.07, 6.45) is 2.92. The van der Waals surface area contributed by atoms with Crippen LogP contribution >= 0.6 is 15.9 Å². The molecule has 0 amide bonds. The number of hydrogen-bond acceptors (Lipinski definition) is 2. The van der Waals surface area contributed by atoms with Crippen LogP contribution in [-0.2, 0) is 6.42 Å². The topological polar surface area (TPSA) is 24.9 Å². The van der Waals surface area contributed by atoms with Gasteiger partial charge in [-0.3, -0.25) is 4.98 Å². The normalized spacial score (nSPS) is 13.8. The molecule has 1 N–H and O–H groups in total. The third-order valence-electron chi connectivity index (χ3n) is 3.41. The second kappa shape index (κ2) is 7.39. The summed E-state index contributed by atoms with van der Waals surface area (Å²) in [5, 5.41) is 3.59. The maximum atomic E-state index is 4.50. The van der Waals surface area contributed by atoms with Crippen LogP contribution in [0.2, 0.25) is 0 Å². The highest BCUT2D eigenvalue weighted by molar-refractivity contribution is 9.10. The smallest absolute Gasteiger partial charge is 0.0413 e. The molecule has 2 nitrogen and oxygen atoms in total. The molecular weight excluding hydrogens is 300 g/mol. The van der Waals surface area contributed by atoms with E-state index in [4.69, 9.17) is 0 Å². The standard InChI is InChI=1S/C16H27BrN2/c1-12(2)9-18-10-13(16(3,4)5)8-15-7-6-14(17)11-19-15/h6-7,11-13,18H,8-10H2,1-5H3. The first-order valence-corrected chi connectivity index (χ1v) is 7.89. The van der Waals surface area contributed by atoms with Crippen molar-refractivity contribution in [3.63, 3.8) is 0 Å². The van der Waals surface area contributed by atoms with Gasteiger partial charge >= 0.3 is 0 Å². The molecule has 0 aromatic carbocycles. The van der Waals surface area contributed by atoms with Crippen molar-refractivity contribution in [3.05, 3.63) is 28.5 Å². The molecule has 3 heteroatoms. The Balaban J connectivity index is 2.62. The first kappa shape index (κ1) is 16.6. The lowest BCUT2D eigenvalue weighted by Crippen LogP contribution is -2.35. The molecular formula is C16H27BrN2. The maximum Gasteiger partial charge on any atom is 0.0413 e. The third kappa shape index (κ3) is 6.53. The SMILES string of the molecule is CC(C)CNCC(Cc1ccc(Br)cn1)C(C)(C)C. The van der Waals surface area contributed by atoms with E-state index in [9.17, 15) is 0 Å². The van der Waals surface area contributed by atoms with Crippen molar-refractivity contribution in [2.45, 2.75) is 41.0 Å². The van der Waals surface area contributed by atoms with Crippen molar-refractivity contribution in [2.75, 3.05) is 13.1 Å². The Hall–Kier alpha value is -0.410. The molecule has 0 saturated heterocycles. The van der Waals surface area contributed by atoms with Gasteiger partial charge in [-0.2, -0.15) is 0 Å². The van der Waals surface area contributed by atoms with Gasteiger partial charge in [-0.15, -0.1) is 0 Å². The molecule has 1 rings (SSSR count). The highest BCUT2D eigenvalue weighted by Crippen LogP contribution is 2.28. The van der Waals surface area contributed by atoms with E-state index < -0.39 is 0 Å². The van der Waals surface area contributed by atoms with Crippen molar-refractivity contribution in [3.8, 4) is 0 Å². The predicted molar refractivity (Wildman–Crippen MR) is 86.3 cm³/mol. The average Bonchev–Trinajstić information content (AvgIpc) is 2.28. The van der Waals surface area contributed by atoms with Gasteiger partial charge in [-0.05, 0) is 64.8 Å². The van der Waals surface area contributed by atoms with Gasteiger partial charge in [0.15, 0.2) is 0 Å². The third-order valence-corrected chi connectivity index (χ3v) is 3.88. The van der Waals surface area contributed by atoms with E-state index in [2.05, 4.69) is 73.0 Å². The van der Waals surface area contributed by atoms with E-state index in [1.807, 2.05) is 6.20 Å². The Morgan fingerprint density at radius 1 is 1.21 bits per heavy atom. The zero-order chi connectivity index (χ0) is 14.5. The van der Waals surface area contributed by atoms with Crippen LogP contribution in [-0.4, -0.2) is 18.1 Å². The van der Waals surface area contributed by atoms with Crippen molar-refractivity contribution < 1.29 is 0 Å². The second-order valence-electron chi connectivity index (χ2n) is 6.79. The van der Waals surface area contributed by atoms with Gasteiger partial charge in [0.05, 0.1) is 0 Å². The number of rotatable bonds is 6. The van der Waals surface area contributed by atoms with E-state index in [1.165, 1.54) is 5.69 Å². The largest absolute Gasteiger partial charge is 0.316 e. The van der Waals surface area contributed by atoms with Crippen molar-refractivity contribution >= 4 is 15.9 Å². The first-order valence-electron chi connectivity index (χ1n) is 7.10. The lowest BCUT2D eigenvalue weighted by atomic mass is 9.78. The van der Waals surface area contributed by atoms with Gasteiger partial charge in [-0.1, -0.05) is 34.6 Å². The molecule has 0 radical (unpaired) electrons. The van der Waals surface area contributed by atoms with Crippen molar-refractivity contribution in [2.24, 2.45) is 17.3 Å². The van der Waals surface area contributed by atoms with Crippen LogP contribution in [0.1, 0.15) is 40.3 Å². The number of aromatic nitrogens is 1. The van der Waals surface area contributed by atoms with Gasteiger partial charge in [0.25, 0.3) is 0 Å². The number of hydrogen-bond donors (Lipinski definition) is 1. The average molecular weight is 327 g/mol. The first-order chi connectivity index (χ1) is 8.79. The van der Waals surface area contributed by atoms with Gasteiger partial charge in [0.1, 0.15) is 0 Å². The summed E-state index contributed by atoms with van der Waals surface area (Å²) in [5.41, 5.74) is 1.47. The molecule has 0 bridgehead atoms. The van der Waals surface area contributed by atoms with E-state index in [0.717, 1.165) is 24.0 Å². The van der Waals surface area contributed by atoms with Gasteiger partial charge in [0, 0.05) is 16.4 Å². The van der Waals surface area contributed by atoms with Crippen LogP contribution in [0, 0.1) is 17.3 Å². The van der Waals surface area contributed by atoms with Crippen LogP contribution in [0.5, 0.6) is 0 Å². The molecule has 108 valence electrons. The van der Waals surface area contributed by atoms with Crippen LogP contribution in [0.4, 0.5) is 0 Å². The van der Waals surface area contributed by atoms with E-state index >= 15 is 0 Å². The molecule has 1 unspecified atom stereocenters. The Morgan fingerprint density at radius 2 is 1.89 bits per heavy atom. The van der Waals surface area contributed by atoms with Crippen molar-refractivity contribution in [1.29, 1.82) is 0 Å². The lowest BCUT2D eigenvalue weighted by Gasteiger charge is -2.31. The molecule has 1 aromatic rings. The Labute approximate surface area is 126 Å². The number of halogens is 1. The fraction of sp³-hybridized carbons (Fsp3) is 0.688. The highest BCUT2D eigenvalue weighted by Gasteiger charge is 2.24. The second-order valence-corrected chi connectivity index (χ2v) is 7.70. The molecule has 0 saturated carbocycles. The van der Waals surface area contributed by atoms with Crippen LogP contribution in [0.25, 0.3) is 0 Å². The summed E-state index contributed by atoms with van der Waals surface area (Å²) >= 11 is 3.43. The van der Waals surface area contributed by atoms with Gasteiger partial charge in [-0.25, -0.2) is 0 Å². The summed E-state index contributed by atoms with van der Waals surface area (Å²) in [4.78, 5) is 4.50. The number of nitrogens with one attached hydrogen (secondary N) is 1. The summed E-state index contributed by atoms with van der Waals surface area (Å²) in [6, 6.07) is 4.19. The summed E-state index contributed by atoms with van der Waals surface area (Å²) in [6.45, 7) is 13.6. The number of nitrogens with zero attached hydrogens (tertiary/aromatic N) is 1. The molecule has 19 heavy (non-hydrogen) atoms. The zero-order valence-corrected chi connectivity index (χ0v) is 14.4. The van der Waals surface area contributed by atoms with Crippen LogP contribution < -0.4 is 5.32 Å². The zero-order valence-electron chi connectivity index (χ0n) is 12.8. The molecule has 0 fully saturated rings. The Bertz CT molecular complexity index is 365. The summed E-state index contributed by atoms with van der Waals surface area (Å²) in [5.74, 6) is 1.30. The maximum absolute atomic E-state index is 4.50. The van der Waals surface area contributed by atoms with Gasteiger partial charge < -0.3 is 5.32 Å². The van der Waals surface area contributed by atoms with E-state index in [-0.39, 0.29) is 0 Å². The monoisotopic (exact) mass is 326 g/mol. The van der Waals surface area contributed by atoms with Gasteiger partial charge in [0.2, 0.25) is 0 Å². The fourth-order valence-electron chi connectivity index (χ4n) is 2.01.